The van der Waals surface area contributed by atoms with Crippen LogP contribution in [0.4, 0.5) is 0 Å². The van der Waals surface area contributed by atoms with Gasteiger partial charge >= 0.3 is 0 Å². The predicted octanol–water partition coefficient (Wildman–Crippen LogP) is 3.78. The van der Waals surface area contributed by atoms with Crippen molar-refractivity contribution >= 4 is 6.08 Å². The lowest BCUT2D eigenvalue weighted by molar-refractivity contribution is 0.213. The molecule has 0 aliphatic carbocycles. The van der Waals surface area contributed by atoms with E-state index in [9.17, 15) is 0 Å². The molecule has 0 saturated carbocycles. The van der Waals surface area contributed by atoms with E-state index in [1.165, 1.54) is 16.7 Å². The molecule has 0 radical (unpaired) electrons. The zero-order valence-electron chi connectivity index (χ0n) is 14.1. The van der Waals surface area contributed by atoms with E-state index in [0.29, 0.717) is 6.04 Å². The van der Waals surface area contributed by atoms with Gasteiger partial charge in [-0.2, -0.15) is 0 Å². The summed E-state index contributed by atoms with van der Waals surface area (Å²) in [5.41, 5.74) is 3.97. The molecule has 1 heterocycles. The fraction of sp³-hybridized carbons (Fsp3) is 0.300. The fourth-order valence-electron chi connectivity index (χ4n) is 3.08. The summed E-state index contributed by atoms with van der Waals surface area (Å²) in [7, 11) is 5.96. The van der Waals surface area contributed by atoms with Crippen molar-refractivity contribution in [3.05, 3.63) is 71.4 Å². The molecule has 2 aromatic carbocycles. The molecule has 1 atom stereocenters. The van der Waals surface area contributed by atoms with Crippen LogP contribution >= 0.6 is 0 Å². The minimum atomic E-state index is 0.296. The Morgan fingerprint density at radius 1 is 1.13 bits per heavy atom. The number of fused-ring (bicyclic) bond motifs is 1. The highest BCUT2D eigenvalue weighted by molar-refractivity contribution is 5.55. The third-order valence-corrected chi connectivity index (χ3v) is 4.27. The van der Waals surface area contributed by atoms with Crippen molar-refractivity contribution < 1.29 is 4.74 Å². The Labute approximate surface area is 138 Å². The molecule has 120 valence electrons. The molecule has 0 spiro atoms. The summed E-state index contributed by atoms with van der Waals surface area (Å²) in [4.78, 5) is 4.65. The van der Waals surface area contributed by atoms with Crippen LogP contribution in [0.25, 0.3) is 6.08 Å². The van der Waals surface area contributed by atoms with Gasteiger partial charge in [0.05, 0.1) is 13.2 Å². The van der Waals surface area contributed by atoms with Crippen molar-refractivity contribution in [3.8, 4) is 5.75 Å². The van der Waals surface area contributed by atoms with Gasteiger partial charge in [-0.15, -0.1) is 0 Å². The maximum Gasteiger partial charge on any atom is 0.119 e. The van der Waals surface area contributed by atoms with E-state index in [4.69, 9.17) is 4.74 Å². The van der Waals surface area contributed by atoms with Gasteiger partial charge in [-0.3, -0.25) is 0 Å². The molecule has 0 fully saturated rings. The van der Waals surface area contributed by atoms with Crippen molar-refractivity contribution in [2.45, 2.75) is 12.6 Å². The molecule has 0 unspecified atom stereocenters. The van der Waals surface area contributed by atoms with Crippen LogP contribution in [0.5, 0.6) is 5.75 Å². The first-order valence-electron chi connectivity index (χ1n) is 7.98. The van der Waals surface area contributed by atoms with Crippen LogP contribution in [0.1, 0.15) is 22.7 Å². The molecular formula is C20H24N2O. The van der Waals surface area contributed by atoms with Crippen LogP contribution in [0, 0.1) is 0 Å². The Balaban J connectivity index is 1.91. The predicted molar refractivity (Wildman–Crippen MR) is 95.3 cm³/mol. The molecule has 2 aromatic rings. The molecule has 0 saturated heterocycles. The van der Waals surface area contributed by atoms with Crippen molar-refractivity contribution in [1.82, 2.24) is 9.80 Å². The Morgan fingerprint density at radius 2 is 1.96 bits per heavy atom. The monoisotopic (exact) mass is 308 g/mol. The third kappa shape index (κ3) is 3.57. The van der Waals surface area contributed by atoms with Gasteiger partial charge in [0.1, 0.15) is 5.75 Å². The standard InChI is InChI=1S/C20H24N2O/c1-21(2)15-20(17-9-6-10-19(13-17)23-3)22-12-11-16-7-4-5-8-18(16)14-22/h4-13,20H,14-15H2,1-3H3/t20-/m1/s1. The lowest BCUT2D eigenvalue weighted by Gasteiger charge is -2.35. The Morgan fingerprint density at radius 3 is 2.74 bits per heavy atom. The summed E-state index contributed by atoms with van der Waals surface area (Å²) in [6.07, 6.45) is 4.43. The molecule has 3 nitrogen and oxygen atoms in total. The Kier molecular flexibility index (Phi) is 4.68. The lowest BCUT2D eigenvalue weighted by atomic mass is 9.99. The van der Waals surface area contributed by atoms with E-state index in [1.54, 1.807) is 7.11 Å². The van der Waals surface area contributed by atoms with E-state index in [2.05, 4.69) is 78.6 Å². The topological polar surface area (TPSA) is 15.7 Å². The third-order valence-electron chi connectivity index (χ3n) is 4.27. The van der Waals surface area contributed by atoms with Gasteiger partial charge < -0.3 is 14.5 Å². The van der Waals surface area contributed by atoms with Crippen molar-refractivity contribution in [2.75, 3.05) is 27.7 Å². The number of hydrogen-bond acceptors (Lipinski definition) is 3. The first-order valence-corrected chi connectivity index (χ1v) is 7.98. The molecule has 3 rings (SSSR count). The number of likely N-dealkylation sites (N-methyl/N-ethyl adjacent to an activating group) is 1. The molecule has 0 amide bonds. The summed E-state index contributed by atoms with van der Waals surface area (Å²) in [5, 5.41) is 0. The highest BCUT2D eigenvalue weighted by Crippen LogP contribution is 2.30. The molecule has 0 aromatic heterocycles. The first-order chi connectivity index (χ1) is 11.2. The second-order valence-corrected chi connectivity index (χ2v) is 6.24. The quantitative estimate of drug-likeness (QED) is 0.836. The summed E-state index contributed by atoms with van der Waals surface area (Å²) < 4.78 is 5.40. The molecule has 0 bridgehead atoms. The minimum Gasteiger partial charge on any atom is -0.497 e. The summed E-state index contributed by atoms with van der Waals surface area (Å²) in [6.45, 7) is 1.89. The van der Waals surface area contributed by atoms with Crippen molar-refractivity contribution in [3.63, 3.8) is 0 Å². The van der Waals surface area contributed by atoms with Gasteiger partial charge in [0.25, 0.3) is 0 Å². The van der Waals surface area contributed by atoms with Gasteiger partial charge in [-0.25, -0.2) is 0 Å². The summed E-state index contributed by atoms with van der Waals surface area (Å²) in [5.74, 6) is 0.910. The van der Waals surface area contributed by atoms with E-state index in [-0.39, 0.29) is 0 Å². The first kappa shape index (κ1) is 15.6. The maximum absolute atomic E-state index is 5.40. The van der Waals surface area contributed by atoms with E-state index >= 15 is 0 Å². The molecular weight excluding hydrogens is 284 g/mol. The Hall–Kier alpha value is -2.26. The molecule has 3 heteroatoms. The highest BCUT2D eigenvalue weighted by atomic mass is 16.5. The van der Waals surface area contributed by atoms with Crippen LogP contribution < -0.4 is 4.74 Å². The zero-order chi connectivity index (χ0) is 16.2. The number of benzene rings is 2. The van der Waals surface area contributed by atoms with Gasteiger partial charge in [0, 0.05) is 19.3 Å². The second kappa shape index (κ2) is 6.88. The average molecular weight is 308 g/mol. The number of hydrogen-bond donors (Lipinski definition) is 0. The van der Waals surface area contributed by atoms with Gasteiger partial charge in [0.2, 0.25) is 0 Å². The molecule has 1 aliphatic rings. The molecule has 23 heavy (non-hydrogen) atoms. The fourth-order valence-corrected chi connectivity index (χ4v) is 3.08. The highest BCUT2D eigenvalue weighted by Gasteiger charge is 2.22. The number of ether oxygens (including phenoxy) is 1. The average Bonchev–Trinajstić information content (AvgIpc) is 2.59. The molecule has 0 N–H and O–H groups in total. The van der Waals surface area contributed by atoms with Crippen LogP contribution in [0.2, 0.25) is 0 Å². The summed E-state index contributed by atoms with van der Waals surface area (Å²) in [6, 6.07) is 17.3. The SMILES string of the molecule is COc1cccc([C@@H](CN(C)C)N2C=Cc3ccccc3C2)c1. The zero-order valence-corrected chi connectivity index (χ0v) is 14.1. The van der Waals surface area contributed by atoms with Gasteiger partial charge in [-0.05, 0) is 49.0 Å². The number of nitrogens with zero attached hydrogens (tertiary/aromatic N) is 2. The van der Waals surface area contributed by atoms with Crippen LogP contribution in [-0.4, -0.2) is 37.5 Å². The lowest BCUT2D eigenvalue weighted by Crippen LogP contribution is -2.33. The number of methoxy groups -OCH3 is 1. The smallest absolute Gasteiger partial charge is 0.119 e. The molecule has 1 aliphatic heterocycles. The Bertz CT molecular complexity index is 694. The van der Waals surface area contributed by atoms with Crippen molar-refractivity contribution in [1.29, 1.82) is 0 Å². The van der Waals surface area contributed by atoms with E-state index in [1.807, 2.05) is 6.07 Å². The van der Waals surface area contributed by atoms with Crippen molar-refractivity contribution in [2.24, 2.45) is 0 Å². The minimum absolute atomic E-state index is 0.296. The second-order valence-electron chi connectivity index (χ2n) is 6.24. The van der Waals surface area contributed by atoms with Crippen LogP contribution in [0.15, 0.2) is 54.7 Å². The normalized spacial score (nSPS) is 14.7. The maximum atomic E-state index is 5.40. The van der Waals surface area contributed by atoms with E-state index < -0.39 is 0 Å². The largest absolute Gasteiger partial charge is 0.497 e. The van der Waals surface area contributed by atoms with Crippen LogP contribution in [-0.2, 0) is 6.54 Å². The van der Waals surface area contributed by atoms with Crippen LogP contribution in [0.3, 0.4) is 0 Å². The summed E-state index contributed by atoms with van der Waals surface area (Å²) >= 11 is 0. The van der Waals surface area contributed by atoms with E-state index in [0.717, 1.165) is 18.8 Å². The van der Waals surface area contributed by atoms with Gasteiger partial charge in [0.15, 0.2) is 0 Å². The van der Waals surface area contributed by atoms with Gasteiger partial charge in [-0.1, -0.05) is 36.4 Å². The number of rotatable bonds is 5.